The van der Waals surface area contributed by atoms with Crippen LogP contribution in [0.25, 0.3) is 0 Å². The highest BCUT2D eigenvalue weighted by molar-refractivity contribution is 9.11. The molecule has 0 saturated heterocycles. The normalized spacial score (nSPS) is 9.29. The number of halogens is 2. The molecule has 0 aliphatic heterocycles. The van der Waals surface area contributed by atoms with Crippen molar-refractivity contribution in [2.24, 2.45) is 5.73 Å². The molecule has 80 valence electrons. The van der Waals surface area contributed by atoms with E-state index in [1.807, 2.05) is 12.1 Å². The van der Waals surface area contributed by atoms with E-state index in [9.17, 15) is 4.79 Å². The Kier molecular flexibility index (Phi) is 7.17. The molecule has 1 rings (SSSR count). The number of amides is 1. The molecule has 0 bridgehead atoms. The number of nitrogens with one attached hydrogen (secondary N) is 1. The summed E-state index contributed by atoms with van der Waals surface area (Å²) in [5, 5.41) is 2.78. The van der Waals surface area contributed by atoms with E-state index in [4.69, 9.17) is 5.73 Å². The van der Waals surface area contributed by atoms with Gasteiger partial charge in [0.2, 0.25) is 5.91 Å². The highest BCUT2D eigenvalue weighted by Crippen LogP contribution is 2.21. The predicted molar refractivity (Wildman–Crippen MR) is 64.8 cm³/mol. The summed E-state index contributed by atoms with van der Waals surface area (Å²) in [4.78, 5) is 12.2. The lowest BCUT2D eigenvalue weighted by Gasteiger charge is -2.00. The van der Waals surface area contributed by atoms with Gasteiger partial charge >= 0.3 is 0 Å². The van der Waals surface area contributed by atoms with E-state index in [1.165, 1.54) is 0 Å². The lowest BCUT2D eigenvalue weighted by Crippen LogP contribution is -2.24. The van der Waals surface area contributed by atoms with Crippen molar-refractivity contribution in [1.29, 1.82) is 0 Å². The molecule has 0 unspecified atom stereocenters. The van der Waals surface area contributed by atoms with Crippen LogP contribution in [-0.2, 0) is 11.3 Å². The van der Waals surface area contributed by atoms with Gasteiger partial charge in [0.15, 0.2) is 0 Å². The largest absolute Gasteiger partial charge is 0.351 e. The maximum absolute atomic E-state index is 11.0. The monoisotopic (exact) mass is 298 g/mol. The topological polar surface area (TPSA) is 55.1 Å². The molecule has 0 aliphatic rings. The van der Waals surface area contributed by atoms with Crippen LogP contribution in [0.15, 0.2) is 15.9 Å². The van der Waals surface area contributed by atoms with Crippen molar-refractivity contribution >= 4 is 45.6 Å². The van der Waals surface area contributed by atoms with E-state index in [0.29, 0.717) is 19.5 Å². The maximum atomic E-state index is 11.0. The molecule has 1 amide bonds. The van der Waals surface area contributed by atoms with Crippen LogP contribution >= 0.6 is 39.7 Å². The molecule has 0 spiro atoms. The fourth-order valence-electron chi connectivity index (χ4n) is 0.852. The molecule has 0 saturated carbocycles. The van der Waals surface area contributed by atoms with Gasteiger partial charge in [0, 0.05) is 17.8 Å². The molecule has 14 heavy (non-hydrogen) atoms. The first-order valence-electron chi connectivity index (χ1n) is 3.93. The van der Waals surface area contributed by atoms with Crippen molar-refractivity contribution in [2.45, 2.75) is 13.0 Å². The quantitative estimate of drug-likeness (QED) is 0.892. The Labute approximate surface area is 102 Å². The van der Waals surface area contributed by atoms with Crippen LogP contribution in [0, 0.1) is 0 Å². The summed E-state index contributed by atoms with van der Waals surface area (Å²) in [5.74, 6) is 0.00650. The fourth-order valence-corrected chi connectivity index (χ4v) is 2.27. The Hall–Kier alpha value is -0.100. The third-order valence-corrected chi connectivity index (χ3v) is 3.08. The zero-order chi connectivity index (χ0) is 9.68. The van der Waals surface area contributed by atoms with Gasteiger partial charge in [-0.25, -0.2) is 0 Å². The molecule has 0 fully saturated rings. The van der Waals surface area contributed by atoms with Crippen molar-refractivity contribution in [3.8, 4) is 0 Å². The van der Waals surface area contributed by atoms with Gasteiger partial charge in [0.25, 0.3) is 0 Å². The van der Waals surface area contributed by atoms with E-state index >= 15 is 0 Å². The summed E-state index contributed by atoms with van der Waals surface area (Å²) in [5.41, 5.74) is 5.24. The molecule has 0 aromatic carbocycles. The van der Waals surface area contributed by atoms with Crippen molar-refractivity contribution < 1.29 is 4.79 Å². The first-order valence-corrected chi connectivity index (χ1v) is 5.54. The zero-order valence-corrected chi connectivity index (χ0v) is 10.7. The van der Waals surface area contributed by atoms with Gasteiger partial charge in [-0.3, -0.25) is 4.79 Å². The van der Waals surface area contributed by atoms with E-state index in [-0.39, 0.29) is 18.3 Å². The highest BCUT2D eigenvalue weighted by atomic mass is 79.9. The number of thiophene rings is 1. The number of rotatable bonds is 4. The minimum Gasteiger partial charge on any atom is -0.351 e. The Morgan fingerprint density at radius 1 is 1.57 bits per heavy atom. The third kappa shape index (κ3) is 4.95. The van der Waals surface area contributed by atoms with Crippen LogP contribution in [0.1, 0.15) is 11.3 Å². The number of carbonyl (C=O) groups is 1. The fraction of sp³-hybridized carbons (Fsp3) is 0.375. The first-order chi connectivity index (χ1) is 6.22. The maximum Gasteiger partial charge on any atom is 0.221 e. The summed E-state index contributed by atoms with van der Waals surface area (Å²) >= 11 is 4.97. The second-order valence-electron chi connectivity index (χ2n) is 2.52. The van der Waals surface area contributed by atoms with Gasteiger partial charge in [-0.15, -0.1) is 23.7 Å². The van der Waals surface area contributed by atoms with Gasteiger partial charge in [0.1, 0.15) is 0 Å². The van der Waals surface area contributed by atoms with Crippen LogP contribution in [-0.4, -0.2) is 12.5 Å². The highest BCUT2D eigenvalue weighted by Gasteiger charge is 2.01. The minimum atomic E-state index is 0. The summed E-state index contributed by atoms with van der Waals surface area (Å²) in [6.07, 6.45) is 0.395. The standard InChI is InChI=1S/C8H11BrN2OS.ClH/c9-7-2-1-6(13-7)5-11-8(12)3-4-10;/h1-2H,3-5,10H2,(H,11,12);1H. The smallest absolute Gasteiger partial charge is 0.221 e. The number of nitrogens with two attached hydrogens (primary N) is 1. The SMILES string of the molecule is Cl.NCCC(=O)NCc1ccc(Br)s1. The van der Waals surface area contributed by atoms with E-state index < -0.39 is 0 Å². The second-order valence-corrected chi connectivity index (χ2v) is 5.07. The summed E-state index contributed by atoms with van der Waals surface area (Å²) < 4.78 is 1.08. The minimum absolute atomic E-state index is 0. The van der Waals surface area contributed by atoms with Crippen LogP contribution in [0.4, 0.5) is 0 Å². The average Bonchev–Trinajstić information content (AvgIpc) is 2.49. The second kappa shape index (κ2) is 7.23. The molecule has 1 heterocycles. The Morgan fingerprint density at radius 2 is 2.29 bits per heavy atom. The van der Waals surface area contributed by atoms with Gasteiger partial charge in [-0.1, -0.05) is 0 Å². The summed E-state index contributed by atoms with van der Waals surface area (Å²) in [7, 11) is 0. The first kappa shape index (κ1) is 13.9. The van der Waals surface area contributed by atoms with Gasteiger partial charge < -0.3 is 11.1 Å². The summed E-state index contributed by atoms with van der Waals surface area (Å²) in [6, 6.07) is 3.95. The van der Waals surface area contributed by atoms with Crippen LogP contribution < -0.4 is 11.1 Å². The number of hydrogen-bond donors (Lipinski definition) is 2. The van der Waals surface area contributed by atoms with Crippen LogP contribution in [0.3, 0.4) is 0 Å². The lowest BCUT2D eigenvalue weighted by molar-refractivity contribution is -0.121. The predicted octanol–water partition coefficient (Wildman–Crippen LogP) is 1.90. The molecule has 3 nitrogen and oxygen atoms in total. The molecule has 6 heteroatoms. The molecule has 1 aromatic heterocycles. The van der Waals surface area contributed by atoms with E-state index in [1.54, 1.807) is 11.3 Å². The molecule has 3 N–H and O–H groups in total. The third-order valence-electron chi connectivity index (χ3n) is 1.46. The molecular weight excluding hydrogens is 288 g/mol. The van der Waals surface area contributed by atoms with E-state index in [0.717, 1.165) is 8.66 Å². The van der Waals surface area contributed by atoms with Crippen LogP contribution in [0.5, 0.6) is 0 Å². The van der Waals surface area contributed by atoms with Gasteiger partial charge in [-0.2, -0.15) is 0 Å². The number of carbonyl (C=O) groups excluding carboxylic acids is 1. The van der Waals surface area contributed by atoms with Crippen molar-refractivity contribution in [3.05, 3.63) is 20.8 Å². The number of hydrogen-bond acceptors (Lipinski definition) is 3. The molecule has 0 radical (unpaired) electrons. The Balaban J connectivity index is 0.00000169. The molecule has 1 aromatic rings. The summed E-state index contributed by atoms with van der Waals surface area (Å²) in [6.45, 7) is 0.995. The van der Waals surface area contributed by atoms with Crippen molar-refractivity contribution in [1.82, 2.24) is 5.32 Å². The zero-order valence-electron chi connectivity index (χ0n) is 7.46. The van der Waals surface area contributed by atoms with Gasteiger partial charge in [0.05, 0.1) is 10.3 Å². The molecule has 0 aliphatic carbocycles. The lowest BCUT2D eigenvalue weighted by atomic mass is 10.4. The molecule has 0 atom stereocenters. The van der Waals surface area contributed by atoms with Crippen LogP contribution in [0.2, 0.25) is 0 Å². The van der Waals surface area contributed by atoms with Crippen molar-refractivity contribution in [2.75, 3.05) is 6.54 Å². The average molecular weight is 300 g/mol. The molecular formula is C8H12BrClN2OS. The Morgan fingerprint density at radius 3 is 2.79 bits per heavy atom. The Bertz CT molecular complexity index is 293. The van der Waals surface area contributed by atoms with E-state index in [2.05, 4.69) is 21.2 Å². The van der Waals surface area contributed by atoms with Crippen molar-refractivity contribution in [3.63, 3.8) is 0 Å². The van der Waals surface area contributed by atoms with Gasteiger partial charge in [-0.05, 0) is 28.1 Å².